The maximum atomic E-state index is 12.8. The lowest BCUT2D eigenvalue weighted by atomic mass is 10.1. The minimum absolute atomic E-state index is 0.0961. The highest BCUT2D eigenvalue weighted by Crippen LogP contribution is 2.21. The number of sulfonamides is 1. The molecule has 2 heterocycles. The Labute approximate surface area is 158 Å². The van der Waals surface area contributed by atoms with E-state index < -0.39 is 10.0 Å². The van der Waals surface area contributed by atoms with Crippen molar-refractivity contribution < 1.29 is 13.2 Å². The first-order chi connectivity index (χ1) is 12.6. The lowest BCUT2D eigenvalue weighted by molar-refractivity contribution is -0.116. The third-order valence-electron chi connectivity index (χ3n) is 4.45. The monoisotopic (exact) mass is 393 g/mol. The van der Waals surface area contributed by atoms with Crippen LogP contribution in [0.2, 0.25) is 0 Å². The van der Waals surface area contributed by atoms with E-state index in [0.717, 1.165) is 31.2 Å². The number of rotatable bonds is 6. The summed E-state index contributed by atoms with van der Waals surface area (Å²) >= 11 is 1.38. The molecule has 3 rings (SSSR count). The van der Waals surface area contributed by atoms with Crippen LogP contribution in [0.15, 0.2) is 40.7 Å². The standard InChI is InChI=1S/C18H23N3O3S2/c22-17(20-18-19-11-14-25-18)10-7-15-5-8-16(9-6-15)26(23,24)21-12-3-1-2-4-13-21/h5-6,8-9,11,14H,1-4,7,10,12-13H2,(H,19,20,22). The molecule has 1 aromatic carbocycles. The second-order valence-corrected chi connectivity index (χ2v) is 9.18. The number of thiazole rings is 1. The van der Waals surface area contributed by atoms with Gasteiger partial charge in [0.1, 0.15) is 0 Å². The van der Waals surface area contributed by atoms with Gasteiger partial charge < -0.3 is 5.32 Å². The third-order valence-corrected chi connectivity index (χ3v) is 7.05. The summed E-state index contributed by atoms with van der Waals surface area (Å²) in [4.78, 5) is 16.2. The molecular formula is C18H23N3O3S2. The van der Waals surface area contributed by atoms with Gasteiger partial charge in [0.25, 0.3) is 0 Å². The van der Waals surface area contributed by atoms with Crippen molar-refractivity contribution in [1.82, 2.24) is 9.29 Å². The number of nitrogens with zero attached hydrogens (tertiary/aromatic N) is 2. The van der Waals surface area contributed by atoms with Crippen molar-refractivity contribution in [2.75, 3.05) is 18.4 Å². The van der Waals surface area contributed by atoms with Crippen LogP contribution in [0, 0.1) is 0 Å². The molecule has 26 heavy (non-hydrogen) atoms. The van der Waals surface area contributed by atoms with Crippen molar-refractivity contribution >= 4 is 32.4 Å². The first-order valence-electron chi connectivity index (χ1n) is 8.84. The maximum Gasteiger partial charge on any atom is 0.243 e. The van der Waals surface area contributed by atoms with Crippen LogP contribution in [0.1, 0.15) is 37.7 Å². The average molecular weight is 394 g/mol. The number of amides is 1. The summed E-state index contributed by atoms with van der Waals surface area (Å²) < 4.78 is 27.1. The van der Waals surface area contributed by atoms with Crippen molar-refractivity contribution in [3.63, 3.8) is 0 Å². The quantitative estimate of drug-likeness (QED) is 0.817. The summed E-state index contributed by atoms with van der Waals surface area (Å²) in [5.74, 6) is -0.0961. The van der Waals surface area contributed by atoms with Gasteiger partial charge in [-0.2, -0.15) is 4.31 Å². The Morgan fingerprint density at radius 2 is 1.81 bits per heavy atom. The van der Waals surface area contributed by atoms with Gasteiger partial charge in [-0.15, -0.1) is 11.3 Å². The summed E-state index contributed by atoms with van der Waals surface area (Å²) in [6.07, 6.45) is 6.56. The third kappa shape index (κ3) is 4.90. The number of aryl methyl sites for hydroxylation is 1. The van der Waals surface area contributed by atoms with Crippen LogP contribution >= 0.6 is 11.3 Å². The molecule has 0 unspecified atom stereocenters. The van der Waals surface area contributed by atoms with E-state index in [4.69, 9.17) is 0 Å². The molecule has 0 radical (unpaired) electrons. The zero-order chi connectivity index (χ0) is 18.4. The van der Waals surface area contributed by atoms with Crippen LogP contribution < -0.4 is 5.32 Å². The summed E-state index contributed by atoms with van der Waals surface area (Å²) in [7, 11) is -3.42. The lowest BCUT2D eigenvalue weighted by Crippen LogP contribution is -2.31. The number of benzene rings is 1. The van der Waals surface area contributed by atoms with Gasteiger partial charge in [0.15, 0.2) is 5.13 Å². The van der Waals surface area contributed by atoms with Crippen molar-refractivity contribution in [2.45, 2.75) is 43.4 Å². The van der Waals surface area contributed by atoms with Gasteiger partial charge in [-0.25, -0.2) is 13.4 Å². The molecule has 6 nitrogen and oxygen atoms in total. The number of hydrogen-bond donors (Lipinski definition) is 1. The van der Waals surface area contributed by atoms with Crippen LogP contribution in [0.5, 0.6) is 0 Å². The molecule has 1 aliphatic heterocycles. The molecule has 0 saturated carbocycles. The van der Waals surface area contributed by atoms with E-state index in [1.807, 2.05) is 0 Å². The molecule has 0 spiro atoms. The van der Waals surface area contributed by atoms with E-state index in [9.17, 15) is 13.2 Å². The zero-order valence-corrected chi connectivity index (χ0v) is 16.2. The summed E-state index contributed by atoms with van der Waals surface area (Å²) in [5.41, 5.74) is 0.939. The molecule has 0 atom stereocenters. The topological polar surface area (TPSA) is 79.4 Å². The predicted molar refractivity (Wildman–Crippen MR) is 103 cm³/mol. The predicted octanol–water partition coefficient (Wildman–Crippen LogP) is 3.28. The summed E-state index contributed by atoms with van der Waals surface area (Å²) in [6.45, 7) is 1.20. The Kier molecular flexibility index (Phi) is 6.39. The van der Waals surface area contributed by atoms with E-state index in [2.05, 4.69) is 10.3 Å². The fourth-order valence-corrected chi connectivity index (χ4v) is 5.05. The number of aromatic nitrogens is 1. The van der Waals surface area contributed by atoms with E-state index in [-0.39, 0.29) is 5.91 Å². The molecule has 1 N–H and O–H groups in total. The van der Waals surface area contributed by atoms with E-state index in [1.165, 1.54) is 11.3 Å². The highest BCUT2D eigenvalue weighted by molar-refractivity contribution is 7.89. The molecule has 8 heteroatoms. The van der Waals surface area contributed by atoms with Gasteiger partial charge in [0.05, 0.1) is 4.90 Å². The largest absolute Gasteiger partial charge is 0.302 e. The number of anilines is 1. The Balaban J connectivity index is 1.58. The fraction of sp³-hybridized carbons (Fsp3) is 0.444. The highest BCUT2D eigenvalue weighted by atomic mass is 32.2. The Morgan fingerprint density at radius 3 is 2.42 bits per heavy atom. The van der Waals surface area contributed by atoms with Crippen LogP contribution in [0.4, 0.5) is 5.13 Å². The molecule has 2 aromatic rings. The number of carbonyl (C=O) groups is 1. The highest BCUT2D eigenvalue weighted by Gasteiger charge is 2.24. The van der Waals surface area contributed by atoms with Crippen molar-refractivity contribution in [3.05, 3.63) is 41.4 Å². The van der Waals surface area contributed by atoms with E-state index >= 15 is 0 Å². The van der Waals surface area contributed by atoms with Gasteiger partial charge >= 0.3 is 0 Å². The van der Waals surface area contributed by atoms with Crippen molar-refractivity contribution in [2.24, 2.45) is 0 Å². The van der Waals surface area contributed by atoms with Crippen molar-refractivity contribution in [3.8, 4) is 0 Å². The van der Waals surface area contributed by atoms with E-state index in [0.29, 0.717) is 36.0 Å². The summed E-state index contributed by atoms with van der Waals surface area (Å²) in [6, 6.07) is 6.88. The molecule has 1 amide bonds. The van der Waals surface area contributed by atoms with Gasteiger partial charge in [0.2, 0.25) is 15.9 Å². The minimum Gasteiger partial charge on any atom is -0.302 e. The second-order valence-electron chi connectivity index (χ2n) is 6.35. The van der Waals surface area contributed by atoms with Gasteiger partial charge in [-0.05, 0) is 37.0 Å². The molecule has 1 aromatic heterocycles. The minimum atomic E-state index is -3.42. The second kappa shape index (κ2) is 8.75. The fourth-order valence-electron chi connectivity index (χ4n) is 2.98. The molecule has 1 fully saturated rings. The summed E-state index contributed by atoms with van der Waals surface area (Å²) in [5, 5.41) is 5.14. The molecule has 1 saturated heterocycles. The lowest BCUT2D eigenvalue weighted by Gasteiger charge is -2.20. The van der Waals surface area contributed by atoms with Crippen LogP contribution in [-0.2, 0) is 21.2 Å². The average Bonchev–Trinajstić information content (AvgIpc) is 2.98. The van der Waals surface area contributed by atoms with Gasteiger partial charge in [-0.1, -0.05) is 25.0 Å². The van der Waals surface area contributed by atoms with Gasteiger partial charge in [0, 0.05) is 31.1 Å². The number of hydrogen-bond acceptors (Lipinski definition) is 5. The zero-order valence-electron chi connectivity index (χ0n) is 14.6. The first-order valence-corrected chi connectivity index (χ1v) is 11.2. The Hall–Kier alpha value is -1.77. The molecule has 1 aliphatic rings. The Bertz CT molecular complexity index is 810. The van der Waals surface area contributed by atoms with E-state index in [1.54, 1.807) is 40.1 Å². The molecule has 0 bridgehead atoms. The van der Waals surface area contributed by atoms with Crippen LogP contribution in [0.3, 0.4) is 0 Å². The molecule has 0 aliphatic carbocycles. The smallest absolute Gasteiger partial charge is 0.243 e. The Morgan fingerprint density at radius 1 is 1.12 bits per heavy atom. The van der Waals surface area contributed by atoms with Gasteiger partial charge in [-0.3, -0.25) is 4.79 Å². The number of carbonyl (C=O) groups excluding carboxylic acids is 1. The number of nitrogens with one attached hydrogen (secondary N) is 1. The normalized spacial score (nSPS) is 16.2. The SMILES string of the molecule is O=C(CCc1ccc(S(=O)(=O)N2CCCCCC2)cc1)Nc1nccs1. The first kappa shape index (κ1) is 19.0. The van der Waals surface area contributed by atoms with Crippen LogP contribution in [0.25, 0.3) is 0 Å². The maximum absolute atomic E-state index is 12.8. The van der Waals surface area contributed by atoms with Crippen LogP contribution in [-0.4, -0.2) is 36.7 Å². The molecule has 140 valence electrons. The molecular weight excluding hydrogens is 370 g/mol. The van der Waals surface area contributed by atoms with Crippen molar-refractivity contribution in [1.29, 1.82) is 0 Å².